The van der Waals surface area contributed by atoms with Gasteiger partial charge >= 0.3 is 5.97 Å². The van der Waals surface area contributed by atoms with Gasteiger partial charge in [0.25, 0.3) is 0 Å². The van der Waals surface area contributed by atoms with Crippen LogP contribution in [0.3, 0.4) is 0 Å². The molecule has 0 atom stereocenters. The van der Waals surface area contributed by atoms with Crippen molar-refractivity contribution in [3.05, 3.63) is 6.62 Å². The molecule has 0 saturated carbocycles. The molecule has 0 amide bonds. The van der Waals surface area contributed by atoms with Crippen molar-refractivity contribution >= 4 is 62.8 Å². The predicted octanol–water partition coefficient (Wildman–Crippen LogP) is 2.83. The third kappa shape index (κ3) is 3.97. The summed E-state index contributed by atoms with van der Waals surface area (Å²) in [6.45, 7) is 2.13. The van der Waals surface area contributed by atoms with Crippen LogP contribution in [0.4, 0.5) is 0 Å². The van der Waals surface area contributed by atoms with E-state index in [0.29, 0.717) is 13.2 Å². The monoisotopic (exact) mass is 386 g/mol. The first-order chi connectivity index (χ1) is 4.59. The van der Waals surface area contributed by atoms with Gasteiger partial charge in [0.1, 0.15) is 3.58 Å². The van der Waals surface area contributed by atoms with E-state index in [4.69, 9.17) is 11.6 Å². The summed E-state index contributed by atoms with van der Waals surface area (Å²) >= 11 is 9.22. The van der Waals surface area contributed by atoms with Gasteiger partial charge < -0.3 is 4.74 Å². The van der Waals surface area contributed by atoms with Crippen LogP contribution in [0.1, 0.15) is 6.92 Å². The van der Waals surface area contributed by atoms with Crippen LogP contribution in [0, 0.1) is 0 Å². The van der Waals surface area contributed by atoms with Gasteiger partial charge in [-0.3, -0.25) is 0 Å². The Balaban J connectivity index is 4.09. The topological polar surface area (TPSA) is 26.3 Å². The second-order valence-electron chi connectivity index (χ2n) is 1.29. The second-order valence-corrected chi connectivity index (χ2v) is 4.47. The van der Waals surface area contributed by atoms with Gasteiger partial charge in [-0.05, 0) is 52.1 Å². The summed E-state index contributed by atoms with van der Waals surface area (Å²) < 4.78 is 5.54. The van der Waals surface area contributed by atoms with Crippen molar-refractivity contribution in [2.75, 3.05) is 6.61 Å². The van der Waals surface area contributed by atoms with Crippen LogP contribution in [-0.2, 0) is 9.53 Å². The number of rotatable bonds is 2. The Labute approximate surface area is 91.6 Å². The first-order valence-electron chi connectivity index (χ1n) is 2.47. The summed E-state index contributed by atoms with van der Waals surface area (Å²) in [6, 6.07) is 0. The molecular weight excluding hydrogens is 381 g/mol. The summed E-state index contributed by atoms with van der Waals surface area (Å²) in [5.74, 6) is -0.359. The van der Waals surface area contributed by atoms with Crippen LogP contribution in [-0.4, -0.2) is 12.6 Å². The van der Waals surface area contributed by atoms with E-state index in [1.54, 1.807) is 6.92 Å². The Bertz CT molecular complexity index is 163. The van der Waals surface area contributed by atoms with Gasteiger partial charge in [-0.2, -0.15) is 0 Å². The van der Waals surface area contributed by atoms with Crippen LogP contribution in [0.2, 0.25) is 0 Å². The summed E-state index contributed by atoms with van der Waals surface area (Å²) in [7, 11) is 0. The Morgan fingerprint density at radius 3 is 2.40 bits per heavy atom. The highest BCUT2D eigenvalue weighted by Crippen LogP contribution is 2.23. The maximum Gasteiger partial charge on any atom is 0.346 e. The minimum Gasteiger partial charge on any atom is -0.462 e. The molecule has 0 aliphatic heterocycles. The number of carbonyl (C=O) groups excluding carboxylic acids is 1. The smallest absolute Gasteiger partial charge is 0.346 e. The Morgan fingerprint density at radius 1 is 1.60 bits per heavy atom. The molecule has 0 aliphatic carbocycles. The van der Waals surface area contributed by atoms with Crippen molar-refractivity contribution in [3.63, 3.8) is 0 Å². The van der Waals surface area contributed by atoms with Crippen LogP contribution < -0.4 is 0 Å². The van der Waals surface area contributed by atoms with E-state index in [-0.39, 0.29) is 5.97 Å². The van der Waals surface area contributed by atoms with Crippen molar-refractivity contribution in [1.82, 2.24) is 0 Å². The molecule has 2 nitrogen and oxygen atoms in total. The van der Waals surface area contributed by atoms with Gasteiger partial charge in [-0.1, -0.05) is 11.6 Å². The summed E-state index contributed by atoms with van der Waals surface area (Å²) in [4.78, 5) is 10.8. The minimum absolute atomic E-state index is 0.359. The van der Waals surface area contributed by atoms with E-state index in [1.807, 2.05) is 45.2 Å². The van der Waals surface area contributed by atoms with Crippen molar-refractivity contribution < 1.29 is 9.53 Å². The molecule has 0 heterocycles. The van der Waals surface area contributed by atoms with E-state index in [1.165, 1.54) is 0 Å². The van der Waals surface area contributed by atoms with Crippen molar-refractivity contribution in [2.45, 2.75) is 6.92 Å². The standard InChI is InChI=1S/C5H5ClI2O2/c1-2-10-5(9)3(7)4(6)8/h2H2,1H3. The summed E-state index contributed by atoms with van der Waals surface area (Å²) in [5.41, 5.74) is 0. The largest absolute Gasteiger partial charge is 0.462 e. The van der Waals surface area contributed by atoms with Gasteiger partial charge in [0, 0.05) is 0 Å². The van der Waals surface area contributed by atoms with Crippen LogP contribution in [0.5, 0.6) is 0 Å². The highest BCUT2D eigenvalue weighted by Gasteiger charge is 2.09. The minimum atomic E-state index is -0.359. The first kappa shape index (κ1) is 11.0. The molecule has 0 aromatic carbocycles. The van der Waals surface area contributed by atoms with Crippen molar-refractivity contribution in [1.29, 1.82) is 0 Å². The lowest BCUT2D eigenvalue weighted by Crippen LogP contribution is -2.03. The van der Waals surface area contributed by atoms with E-state index in [2.05, 4.69) is 4.74 Å². The molecule has 0 spiro atoms. The molecule has 5 heteroatoms. The number of halogens is 3. The van der Waals surface area contributed by atoms with Crippen LogP contribution in [0.15, 0.2) is 6.62 Å². The molecule has 0 N–H and O–H groups in total. The average Bonchev–Trinajstić information content (AvgIpc) is 1.87. The quantitative estimate of drug-likeness (QED) is 0.415. The fourth-order valence-corrected chi connectivity index (χ4v) is 0.725. The van der Waals surface area contributed by atoms with E-state index in [0.717, 1.165) is 0 Å². The molecule has 0 aliphatic rings. The number of carbonyl (C=O) groups is 1. The molecule has 0 aromatic heterocycles. The fourth-order valence-electron chi connectivity index (χ4n) is 0.272. The SMILES string of the molecule is CCOC(=O)C(I)=C(Cl)I. The van der Waals surface area contributed by atoms with Crippen molar-refractivity contribution in [3.8, 4) is 0 Å². The Morgan fingerprint density at radius 2 is 2.10 bits per heavy atom. The lowest BCUT2D eigenvalue weighted by molar-refractivity contribution is -0.137. The van der Waals surface area contributed by atoms with Crippen LogP contribution in [0.25, 0.3) is 0 Å². The van der Waals surface area contributed by atoms with E-state index < -0.39 is 0 Å². The highest BCUT2D eigenvalue weighted by atomic mass is 127. The van der Waals surface area contributed by atoms with Gasteiger partial charge in [0.2, 0.25) is 0 Å². The van der Waals surface area contributed by atoms with Crippen LogP contribution >= 0.6 is 56.8 Å². The van der Waals surface area contributed by atoms with Gasteiger partial charge in [0.15, 0.2) is 0 Å². The molecule has 0 aromatic rings. The number of ether oxygens (including phenoxy) is 1. The molecule has 58 valence electrons. The summed E-state index contributed by atoms with van der Waals surface area (Å²) in [5, 5.41) is 0. The zero-order chi connectivity index (χ0) is 8.15. The normalized spacial score (nSPS) is 12.4. The Kier molecular flexibility index (Phi) is 6.13. The molecule has 0 unspecified atom stereocenters. The van der Waals surface area contributed by atoms with Gasteiger partial charge in [-0.15, -0.1) is 0 Å². The molecule has 0 rings (SSSR count). The third-order valence-corrected chi connectivity index (χ3v) is 3.68. The molecule has 0 saturated heterocycles. The number of hydrogen-bond acceptors (Lipinski definition) is 2. The van der Waals surface area contributed by atoms with E-state index in [9.17, 15) is 4.79 Å². The fraction of sp³-hybridized carbons (Fsp3) is 0.400. The molecule has 0 fully saturated rings. The zero-order valence-electron chi connectivity index (χ0n) is 5.16. The average molecular weight is 386 g/mol. The van der Waals surface area contributed by atoms with Gasteiger partial charge in [-0.25, -0.2) is 4.79 Å². The van der Waals surface area contributed by atoms with Crippen molar-refractivity contribution in [2.24, 2.45) is 0 Å². The highest BCUT2D eigenvalue weighted by molar-refractivity contribution is 14.1. The molecule has 10 heavy (non-hydrogen) atoms. The molecule has 0 bridgehead atoms. The van der Waals surface area contributed by atoms with Gasteiger partial charge in [0.05, 0.1) is 9.65 Å². The lowest BCUT2D eigenvalue weighted by atomic mass is 10.6. The van der Waals surface area contributed by atoms with E-state index >= 15 is 0 Å². The maximum atomic E-state index is 10.8. The zero-order valence-corrected chi connectivity index (χ0v) is 10.2. The molecule has 0 radical (unpaired) electrons. The summed E-state index contributed by atoms with van der Waals surface area (Å²) in [6.07, 6.45) is 0. The maximum absolute atomic E-state index is 10.8. The number of esters is 1. The predicted molar refractivity (Wildman–Crippen MR) is 57.6 cm³/mol. The molecular formula is C5H5ClI2O2. The lowest BCUT2D eigenvalue weighted by Gasteiger charge is -1.98. The first-order valence-corrected chi connectivity index (χ1v) is 5.01. The Hall–Kier alpha value is 0.960. The third-order valence-electron chi connectivity index (χ3n) is 0.621. The number of hydrogen-bond donors (Lipinski definition) is 0. The second kappa shape index (κ2) is 5.59.